The maximum atomic E-state index is 10.6. The molecule has 0 aliphatic rings. The number of non-ortho nitro benzene ring substituents is 1. The van der Waals surface area contributed by atoms with Crippen molar-refractivity contribution in [1.29, 1.82) is 0 Å². The van der Waals surface area contributed by atoms with E-state index in [0.717, 1.165) is 12.0 Å². The quantitative estimate of drug-likeness (QED) is 0.601. The van der Waals surface area contributed by atoms with Crippen LogP contribution in [0.15, 0.2) is 54.6 Å². The van der Waals surface area contributed by atoms with Crippen LogP contribution >= 0.6 is 0 Å². The highest BCUT2D eigenvalue weighted by atomic mass is 16.6. The van der Waals surface area contributed by atoms with E-state index >= 15 is 0 Å². The maximum Gasteiger partial charge on any atom is 0.269 e. The summed E-state index contributed by atoms with van der Waals surface area (Å²) in [6.45, 7) is 4.07. The highest BCUT2D eigenvalue weighted by Gasteiger charge is 2.26. The second-order valence-electron chi connectivity index (χ2n) is 4.80. The Morgan fingerprint density at radius 3 is 2.20 bits per heavy atom. The Bertz CT molecular complexity index is 580. The van der Waals surface area contributed by atoms with E-state index < -0.39 is 10.5 Å². The van der Waals surface area contributed by atoms with Crippen molar-refractivity contribution in [2.45, 2.75) is 25.9 Å². The summed E-state index contributed by atoms with van der Waals surface area (Å²) in [6.07, 6.45) is 0.800. The summed E-state index contributed by atoms with van der Waals surface area (Å²) in [5.74, 6) is 0.629. The Balaban J connectivity index is 2.24. The maximum absolute atomic E-state index is 10.6. The molecule has 0 radical (unpaired) electrons. The monoisotopic (exact) mass is 271 g/mol. The molecule has 0 heterocycles. The largest absolute Gasteiger partial charge is 0.483 e. The van der Waals surface area contributed by atoms with E-state index in [1.165, 1.54) is 12.1 Å². The number of nitrogens with zero attached hydrogens (tertiary/aromatic N) is 1. The molecule has 0 aromatic heterocycles. The molecule has 0 unspecified atom stereocenters. The Morgan fingerprint density at radius 2 is 1.70 bits per heavy atom. The highest BCUT2D eigenvalue weighted by molar-refractivity contribution is 5.37. The third-order valence-electron chi connectivity index (χ3n) is 3.45. The van der Waals surface area contributed by atoms with Gasteiger partial charge in [-0.25, -0.2) is 0 Å². The lowest BCUT2D eigenvalue weighted by Gasteiger charge is -2.30. The van der Waals surface area contributed by atoms with Crippen LogP contribution in [-0.4, -0.2) is 4.92 Å². The molecule has 0 saturated carbocycles. The van der Waals surface area contributed by atoms with Crippen molar-refractivity contribution in [3.05, 3.63) is 70.3 Å². The zero-order valence-corrected chi connectivity index (χ0v) is 11.6. The molecule has 4 nitrogen and oxygen atoms in total. The smallest absolute Gasteiger partial charge is 0.269 e. The van der Waals surface area contributed by atoms with Gasteiger partial charge in [0.25, 0.3) is 5.69 Å². The second-order valence-corrected chi connectivity index (χ2v) is 4.80. The molecule has 104 valence electrons. The summed E-state index contributed by atoms with van der Waals surface area (Å²) in [5, 5.41) is 10.6. The summed E-state index contributed by atoms with van der Waals surface area (Å²) in [6, 6.07) is 16.1. The molecule has 4 heteroatoms. The molecule has 2 aromatic carbocycles. The zero-order chi connectivity index (χ0) is 14.6. The fourth-order valence-electron chi connectivity index (χ4n) is 2.02. The van der Waals surface area contributed by atoms with Gasteiger partial charge >= 0.3 is 0 Å². The predicted molar refractivity (Wildman–Crippen MR) is 77.8 cm³/mol. The van der Waals surface area contributed by atoms with Crippen molar-refractivity contribution in [3.63, 3.8) is 0 Å². The van der Waals surface area contributed by atoms with Crippen LogP contribution in [0.1, 0.15) is 25.8 Å². The van der Waals surface area contributed by atoms with Gasteiger partial charge in [0.05, 0.1) is 4.92 Å². The minimum Gasteiger partial charge on any atom is -0.483 e. The van der Waals surface area contributed by atoms with Crippen molar-refractivity contribution in [3.8, 4) is 5.75 Å². The summed E-state index contributed by atoms with van der Waals surface area (Å²) in [7, 11) is 0. The van der Waals surface area contributed by atoms with E-state index in [4.69, 9.17) is 4.74 Å². The number of nitro benzene ring substituents is 1. The molecular weight excluding hydrogens is 254 g/mol. The number of ether oxygens (including phenoxy) is 1. The third kappa shape index (κ3) is 2.96. The topological polar surface area (TPSA) is 52.4 Å². The van der Waals surface area contributed by atoms with E-state index in [2.05, 4.69) is 6.92 Å². The minimum atomic E-state index is -0.447. The third-order valence-corrected chi connectivity index (χ3v) is 3.45. The first-order valence-corrected chi connectivity index (χ1v) is 6.54. The van der Waals surface area contributed by atoms with Gasteiger partial charge < -0.3 is 4.74 Å². The van der Waals surface area contributed by atoms with Crippen LogP contribution in [0.3, 0.4) is 0 Å². The van der Waals surface area contributed by atoms with Crippen LogP contribution in [0.2, 0.25) is 0 Å². The van der Waals surface area contributed by atoms with Crippen molar-refractivity contribution in [1.82, 2.24) is 0 Å². The van der Waals surface area contributed by atoms with Gasteiger partial charge in [0.15, 0.2) is 0 Å². The fraction of sp³-hybridized carbons (Fsp3) is 0.250. The number of rotatable bonds is 5. The summed E-state index contributed by atoms with van der Waals surface area (Å²) in [4.78, 5) is 10.2. The van der Waals surface area contributed by atoms with Gasteiger partial charge in [-0.3, -0.25) is 10.1 Å². The molecule has 1 atom stereocenters. The first-order valence-electron chi connectivity index (χ1n) is 6.54. The van der Waals surface area contributed by atoms with Crippen LogP contribution in [0.25, 0.3) is 0 Å². The summed E-state index contributed by atoms with van der Waals surface area (Å²) < 4.78 is 6.05. The standard InChI is InChI=1S/C16H17NO3/c1-3-16(2,13-7-5-4-6-8-13)20-15-11-9-14(10-12-15)17(18)19/h4-12H,3H2,1-2H3/t16-/m1/s1. The second kappa shape index (κ2) is 5.74. The molecule has 0 fully saturated rings. The number of benzene rings is 2. The molecule has 2 aromatic rings. The van der Waals surface area contributed by atoms with Crippen molar-refractivity contribution in [2.75, 3.05) is 0 Å². The van der Waals surface area contributed by atoms with E-state index in [-0.39, 0.29) is 5.69 Å². The van der Waals surface area contributed by atoms with Gasteiger partial charge in [0, 0.05) is 12.1 Å². The number of nitro groups is 1. The van der Waals surface area contributed by atoms with Gasteiger partial charge in [-0.15, -0.1) is 0 Å². The normalized spacial score (nSPS) is 13.5. The van der Waals surface area contributed by atoms with Crippen LogP contribution < -0.4 is 4.74 Å². The Hall–Kier alpha value is -2.36. The molecule has 0 aliphatic heterocycles. The van der Waals surface area contributed by atoms with Crippen molar-refractivity contribution >= 4 is 5.69 Å². The SMILES string of the molecule is CC[C@@](C)(Oc1ccc([N+](=O)[O-])cc1)c1ccccc1. The molecular formula is C16H17NO3. The predicted octanol–water partition coefficient (Wildman–Crippen LogP) is 4.30. The van der Waals surface area contributed by atoms with Crippen molar-refractivity contribution < 1.29 is 9.66 Å². The molecule has 0 bridgehead atoms. The van der Waals surface area contributed by atoms with Crippen LogP contribution in [0.4, 0.5) is 5.69 Å². The Labute approximate surface area is 118 Å². The van der Waals surface area contributed by atoms with E-state index in [0.29, 0.717) is 5.75 Å². The lowest BCUT2D eigenvalue weighted by atomic mass is 9.93. The number of hydrogen-bond acceptors (Lipinski definition) is 3. The van der Waals surface area contributed by atoms with Crippen LogP contribution in [0.5, 0.6) is 5.75 Å². The molecule has 0 saturated heterocycles. The first-order chi connectivity index (χ1) is 9.55. The highest BCUT2D eigenvalue weighted by Crippen LogP contribution is 2.31. The van der Waals surface area contributed by atoms with Crippen LogP contribution in [-0.2, 0) is 5.60 Å². The molecule has 0 amide bonds. The van der Waals surface area contributed by atoms with Gasteiger partial charge in [0.1, 0.15) is 11.4 Å². The van der Waals surface area contributed by atoms with E-state index in [1.54, 1.807) is 12.1 Å². The fourth-order valence-corrected chi connectivity index (χ4v) is 2.02. The van der Waals surface area contributed by atoms with Gasteiger partial charge in [0.2, 0.25) is 0 Å². The molecule has 2 rings (SSSR count). The Kier molecular flexibility index (Phi) is 4.03. The zero-order valence-electron chi connectivity index (χ0n) is 11.6. The lowest BCUT2D eigenvalue weighted by molar-refractivity contribution is -0.384. The average Bonchev–Trinajstić information content (AvgIpc) is 2.48. The van der Waals surface area contributed by atoms with Gasteiger partial charge in [-0.05, 0) is 31.0 Å². The molecule has 20 heavy (non-hydrogen) atoms. The number of hydrogen-bond donors (Lipinski definition) is 0. The average molecular weight is 271 g/mol. The lowest BCUT2D eigenvalue weighted by Crippen LogP contribution is -2.28. The summed E-state index contributed by atoms with van der Waals surface area (Å²) >= 11 is 0. The Morgan fingerprint density at radius 1 is 1.10 bits per heavy atom. The van der Waals surface area contributed by atoms with E-state index in [1.807, 2.05) is 37.3 Å². The molecule has 0 spiro atoms. The van der Waals surface area contributed by atoms with Gasteiger partial charge in [-0.1, -0.05) is 37.3 Å². The van der Waals surface area contributed by atoms with Gasteiger partial charge in [-0.2, -0.15) is 0 Å². The van der Waals surface area contributed by atoms with Crippen molar-refractivity contribution in [2.24, 2.45) is 0 Å². The van der Waals surface area contributed by atoms with Crippen LogP contribution in [0, 0.1) is 10.1 Å². The molecule has 0 aliphatic carbocycles. The van der Waals surface area contributed by atoms with E-state index in [9.17, 15) is 10.1 Å². The summed E-state index contributed by atoms with van der Waals surface area (Å²) in [5.41, 5.74) is 0.702. The minimum absolute atomic E-state index is 0.0651. The molecule has 0 N–H and O–H groups in total. The first kappa shape index (κ1) is 14.1.